The fraction of sp³-hybridized carbons (Fsp3) is 0.240. The Kier molecular flexibility index (Phi) is 6.90. The zero-order chi connectivity index (χ0) is 20.6. The second kappa shape index (κ2) is 9.78. The molecule has 0 spiro atoms. The lowest BCUT2D eigenvalue weighted by Gasteiger charge is -2.25. The molecule has 3 aromatic carbocycles. The number of amidine groups is 1. The molecule has 0 heterocycles. The van der Waals surface area contributed by atoms with Gasteiger partial charge in [0.1, 0.15) is 23.0 Å². The van der Waals surface area contributed by atoms with Crippen LogP contribution in [0.25, 0.3) is 0 Å². The highest BCUT2D eigenvalue weighted by Gasteiger charge is 2.12. The molecule has 0 unspecified atom stereocenters. The Morgan fingerprint density at radius 1 is 0.828 bits per heavy atom. The van der Waals surface area contributed by atoms with E-state index in [1.807, 2.05) is 37.3 Å². The summed E-state index contributed by atoms with van der Waals surface area (Å²) in [5.74, 6) is 2.56. The van der Waals surface area contributed by atoms with Gasteiger partial charge in [0.15, 0.2) is 0 Å². The lowest BCUT2D eigenvalue weighted by atomic mass is 10.1. The third-order valence-corrected chi connectivity index (χ3v) is 4.80. The number of aryl methyl sites for hydroxylation is 1. The highest BCUT2D eigenvalue weighted by atomic mass is 16.5. The molecule has 0 atom stereocenters. The Morgan fingerprint density at radius 2 is 1.55 bits per heavy atom. The summed E-state index contributed by atoms with van der Waals surface area (Å²) in [4.78, 5) is 7.18. The van der Waals surface area contributed by atoms with E-state index in [0.717, 1.165) is 41.7 Å². The average molecular weight is 389 g/mol. The summed E-state index contributed by atoms with van der Waals surface area (Å²) >= 11 is 0. The molecule has 0 aromatic heterocycles. The number of hydrogen-bond acceptors (Lipinski definition) is 3. The van der Waals surface area contributed by atoms with Gasteiger partial charge in [-0.2, -0.15) is 0 Å². The average Bonchev–Trinajstić information content (AvgIpc) is 2.74. The zero-order valence-corrected chi connectivity index (χ0v) is 17.6. The SMILES string of the molecule is COc1cccc(CN(Cc2ccccc2)C(C)=Nc2cc(C)ccc2OC)c1. The van der Waals surface area contributed by atoms with Crippen molar-refractivity contribution in [3.63, 3.8) is 0 Å². The fourth-order valence-electron chi connectivity index (χ4n) is 3.21. The van der Waals surface area contributed by atoms with Gasteiger partial charge >= 0.3 is 0 Å². The lowest BCUT2D eigenvalue weighted by Crippen LogP contribution is -2.28. The van der Waals surface area contributed by atoms with Gasteiger partial charge < -0.3 is 14.4 Å². The van der Waals surface area contributed by atoms with Crippen LogP contribution in [0.4, 0.5) is 5.69 Å². The number of rotatable bonds is 7. The van der Waals surface area contributed by atoms with Crippen LogP contribution in [0, 0.1) is 6.92 Å². The molecule has 3 aromatic rings. The number of benzene rings is 3. The number of hydrogen-bond donors (Lipinski definition) is 0. The van der Waals surface area contributed by atoms with Crippen LogP contribution in [0.2, 0.25) is 0 Å². The standard InChI is InChI=1S/C25H28N2O2/c1-19-13-14-25(29-4)24(15-19)26-20(2)27(17-21-9-6-5-7-10-21)18-22-11-8-12-23(16-22)28-3/h5-16H,17-18H2,1-4H3. The Hall–Kier alpha value is -3.27. The summed E-state index contributed by atoms with van der Waals surface area (Å²) < 4.78 is 10.9. The van der Waals surface area contributed by atoms with Crippen LogP contribution in [0.5, 0.6) is 11.5 Å². The number of aliphatic imine (C=N–C) groups is 1. The molecule has 0 saturated heterocycles. The van der Waals surface area contributed by atoms with Gasteiger partial charge in [-0.05, 0) is 54.8 Å². The van der Waals surface area contributed by atoms with E-state index in [0.29, 0.717) is 0 Å². The summed E-state index contributed by atoms with van der Waals surface area (Å²) in [6.07, 6.45) is 0. The van der Waals surface area contributed by atoms with Crippen LogP contribution in [0.15, 0.2) is 77.8 Å². The van der Waals surface area contributed by atoms with E-state index in [-0.39, 0.29) is 0 Å². The largest absolute Gasteiger partial charge is 0.497 e. The Morgan fingerprint density at radius 3 is 2.28 bits per heavy atom. The van der Waals surface area contributed by atoms with Crippen molar-refractivity contribution in [3.8, 4) is 11.5 Å². The van der Waals surface area contributed by atoms with Crippen molar-refractivity contribution in [2.24, 2.45) is 4.99 Å². The molecule has 0 amide bonds. The van der Waals surface area contributed by atoms with Crippen LogP contribution in [0.1, 0.15) is 23.6 Å². The molecule has 0 aliphatic rings. The third-order valence-electron chi connectivity index (χ3n) is 4.80. The van der Waals surface area contributed by atoms with Crippen LogP contribution in [-0.2, 0) is 13.1 Å². The molecule has 0 saturated carbocycles. The first-order chi connectivity index (χ1) is 14.1. The van der Waals surface area contributed by atoms with Gasteiger partial charge in [0.2, 0.25) is 0 Å². The van der Waals surface area contributed by atoms with Crippen LogP contribution in [0.3, 0.4) is 0 Å². The Labute approximate surface area is 173 Å². The van der Waals surface area contributed by atoms with Gasteiger partial charge in [-0.1, -0.05) is 48.5 Å². The first-order valence-corrected chi connectivity index (χ1v) is 9.71. The predicted octanol–water partition coefficient (Wildman–Crippen LogP) is 5.76. The van der Waals surface area contributed by atoms with Gasteiger partial charge in [0.25, 0.3) is 0 Å². The molecular weight excluding hydrogens is 360 g/mol. The van der Waals surface area contributed by atoms with E-state index in [1.54, 1.807) is 14.2 Å². The van der Waals surface area contributed by atoms with Crippen molar-refractivity contribution in [1.29, 1.82) is 0 Å². The molecule has 0 bridgehead atoms. The molecule has 0 aliphatic carbocycles. The summed E-state index contributed by atoms with van der Waals surface area (Å²) in [5, 5.41) is 0. The lowest BCUT2D eigenvalue weighted by molar-refractivity contribution is 0.396. The van der Waals surface area contributed by atoms with Gasteiger partial charge in [0.05, 0.1) is 14.2 Å². The maximum absolute atomic E-state index is 5.51. The maximum atomic E-state index is 5.51. The monoisotopic (exact) mass is 388 g/mol. The minimum atomic E-state index is 0.732. The van der Waals surface area contributed by atoms with E-state index < -0.39 is 0 Å². The van der Waals surface area contributed by atoms with Crippen LogP contribution >= 0.6 is 0 Å². The Balaban J connectivity index is 1.94. The Bertz CT molecular complexity index is 968. The summed E-state index contributed by atoms with van der Waals surface area (Å²) in [5.41, 5.74) is 4.40. The number of methoxy groups -OCH3 is 2. The summed E-state index contributed by atoms with van der Waals surface area (Å²) in [7, 11) is 3.37. The molecule has 29 heavy (non-hydrogen) atoms. The molecule has 3 rings (SSSR count). The molecule has 0 fully saturated rings. The van der Waals surface area contributed by atoms with Crippen LogP contribution in [-0.4, -0.2) is 25.0 Å². The van der Waals surface area contributed by atoms with Crippen molar-refractivity contribution in [1.82, 2.24) is 4.90 Å². The van der Waals surface area contributed by atoms with E-state index in [4.69, 9.17) is 14.5 Å². The molecule has 150 valence electrons. The minimum Gasteiger partial charge on any atom is -0.497 e. The molecule has 0 aliphatic heterocycles. The van der Waals surface area contributed by atoms with E-state index in [2.05, 4.69) is 54.3 Å². The fourth-order valence-corrected chi connectivity index (χ4v) is 3.21. The third kappa shape index (κ3) is 5.61. The second-order valence-electron chi connectivity index (χ2n) is 7.03. The van der Waals surface area contributed by atoms with Gasteiger partial charge in [-0.15, -0.1) is 0 Å². The van der Waals surface area contributed by atoms with Crippen molar-refractivity contribution < 1.29 is 9.47 Å². The topological polar surface area (TPSA) is 34.1 Å². The van der Waals surface area contributed by atoms with E-state index in [1.165, 1.54) is 11.1 Å². The van der Waals surface area contributed by atoms with Crippen molar-refractivity contribution in [2.75, 3.05) is 14.2 Å². The summed E-state index contributed by atoms with van der Waals surface area (Å²) in [6.45, 7) is 5.60. The first-order valence-electron chi connectivity index (χ1n) is 9.71. The number of nitrogens with zero attached hydrogens (tertiary/aromatic N) is 2. The molecular formula is C25H28N2O2. The molecule has 4 heteroatoms. The van der Waals surface area contributed by atoms with Crippen LogP contribution < -0.4 is 9.47 Å². The van der Waals surface area contributed by atoms with Gasteiger partial charge in [0, 0.05) is 13.1 Å². The van der Waals surface area contributed by atoms with E-state index in [9.17, 15) is 0 Å². The molecule has 0 N–H and O–H groups in total. The van der Waals surface area contributed by atoms with Gasteiger partial charge in [-0.3, -0.25) is 0 Å². The predicted molar refractivity (Wildman–Crippen MR) is 119 cm³/mol. The minimum absolute atomic E-state index is 0.732. The van der Waals surface area contributed by atoms with Crippen molar-refractivity contribution in [3.05, 3.63) is 89.5 Å². The molecule has 4 nitrogen and oxygen atoms in total. The highest BCUT2D eigenvalue weighted by molar-refractivity contribution is 5.83. The normalized spacial score (nSPS) is 11.2. The smallest absolute Gasteiger partial charge is 0.144 e. The molecule has 0 radical (unpaired) electrons. The van der Waals surface area contributed by atoms with Crippen molar-refractivity contribution in [2.45, 2.75) is 26.9 Å². The quantitative estimate of drug-likeness (QED) is 0.381. The second-order valence-corrected chi connectivity index (χ2v) is 7.03. The van der Waals surface area contributed by atoms with Gasteiger partial charge in [-0.25, -0.2) is 4.99 Å². The maximum Gasteiger partial charge on any atom is 0.144 e. The van der Waals surface area contributed by atoms with E-state index >= 15 is 0 Å². The summed E-state index contributed by atoms with van der Waals surface area (Å²) in [6, 6.07) is 24.6. The highest BCUT2D eigenvalue weighted by Crippen LogP contribution is 2.29. The first kappa shape index (κ1) is 20.5. The van der Waals surface area contributed by atoms with Crippen molar-refractivity contribution >= 4 is 11.5 Å². The number of ether oxygens (including phenoxy) is 2. The zero-order valence-electron chi connectivity index (χ0n) is 17.6.